The summed E-state index contributed by atoms with van der Waals surface area (Å²) in [6.45, 7) is 3.24. The van der Waals surface area contributed by atoms with Gasteiger partial charge in [0.05, 0.1) is 12.3 Å². The molecule has 1 N–H and O–H groups in total. The van der Waals surface area contributed by atoms with Crippen LogP contribution >= 0.6 is 0 Å². The van der Waals surface area contributed by atoms with Crippen molar-refractivity contribution < 1.29 is 36.2 Å². The highest BCUT2D eigenvalue weighted by Gasteiger charge is 2.60. The average Bonchev–Trinajstić information content (AvgIpc) is 2.24. The molecule has 120 valence electrons. The van der Waals surface area contributed by atoms with Gasteiger partial charge >= 0.3 is 12.4 Å². The lowest BCUT2D eigenvalue weighted by Gasteiger charge is -2.27. The Bertz CT molecular complexity index is 458. The number of halogens is 6. The zero-order valence-electron chi connectivity index (χ0n) is 11.0. The van der Waals surface area contributed by atoms with Crippen LogP contribution in [0.1, 0.15) is 25.5 Å². The van der Waals surface area contributed by atoms with Gasteiger partial charge in [0.1, 0.15) is 11.9 Å². The number of aliphatic hydroxyl groups excluding tert-OH is 1. The van der Waals surface area contributed by atoms with Crippen molar-refractivity contribution >= 4 is 0 Å². The molecule has 0 amide bonds. The number of alkyl halides is 6. The van der Waals surface area contributed by atoms with Gasteiger partial charge in [-0.1, -0.05) is 0 Å². The van der Waals surface area contributed by atoms with Crippen LogP contribution in [0.15, 0.2) is 18.5 Å². The van der Waals surface area contributed by atoms with E-state index in [1.54, 1.807) is 13.8 Å². The topological polar surface area (TPSA) is 42.4 Å². The number of aromatic nitrogens is 1. The van der Waals surface area contributed by atoms with E-state index in [0.717, 1.165) is 18.5 Å². The zero-order chi connectivity index (χ0) is 16.4. The van der Waals surface area contributed by atoms with Gasteiger partial charge in [-0.15, -0.1) is 0 Å². The fourth-order valence-corrected chi connectivity index (χ4v) is 1.67. The first kappa shape index (κ1) is 17.5. The van der Waals surface area contributed by atoms with E-state index >= 15 is 0 Å². The number of hydrogen-bond donors (Lipinski definition) is 1. The predicted molar refractivity (Wildman–Crippen MR) is 60.6 cm³/mol. The number of hydrogen-bond acceptors (Lipinski definition) is 3. The summed E-state index contributed by atoms with van der Waals surface area (Å²) in [6, 6.07) is 0.905. The molecule has 1 heterocycles. The summed E-state index contributed by atoms with van der Waals surface area (Å²) in [6.07, 6.45) is -12.6. The summed E-state index contributed by atoms with van der Waals surface area (Å²) >= 11 is 0. The molecule has 1 aromatic rings. The Morgan fingerprint density at radius 2 is 1.57 bits per heavy atom. The summed E-state index contributed by atoms with van der Waals surface area (Å²) in [5.41, 5.74) is -0.618. The van der Waals surface area contributed by atoms with Crippen molar-refractivity contribution in [3.8, 4) is 5.75 Å². The molecule has 0 bridgehead atoms. The third-order valence-corrected chi connectivity index (χ3v) is 2.47. The highest BCUT2D eigenvalue weighted by atomic mass is 19.4. The van der Waals surface area contributed by atoms with Crippen molar-refractivity contribution in [3.05, 3.63) is 24.0 Å². The normalized spacial score (nSPS) is 14.6. The SMILES string of the molecule is CC(C)Oc1cncc(C(O)C(C(F)(F)F)C(F)(F)F)c1. The molecule has 0 spiro atoms. The minimum atomic E-state index is -5.63. The first-order valence-corrected chi connectivity index (χ1v) is 5.86. The van der Waals surface area contributed by atoms with Gasteiger partial charge in [0.2, 0.25) is 0 Å². The van der Waals surface area contributed by atoms with Crippen LogP contribution in [0.3, 0.4) is 0 Å². The van der Waals surface area contributed by atoms with Crippen LogP contribution in [0.4, 0.5) is 26.3 Å². The molecule has 0 saturated heterocycles. The Morgan fingerprint density at radius 1 is 1.05 bits per heavy atom. The van der Waals surface area contributed by atoms with E-state index in [2.05, 4.69) is 4.98 Å². The second-order valence-electron chi connectivity index (χ2n) is 4.63. The Kier molecular flexibility index (Phi) is 5.08. The van der Waals surface area contributed by atoms with Gasteiger partial charge in [-0.2, -0.15) is 26.3 Å². The number of aliphatic hydroxyl groups is 1. The summed E-state index contributed by atoms with van der Waals surface area (Å²) in [5.74, 6) is -3.91. The van der Waals surface area contributed by atoms with E-state index < -0.39 is 29.9 Å². The molecular weight excluding hydrogens is 304 g/mol. The second kappa shape index (κ2) is 6.08. The van der Waals surface area contributed by atoms with E-state index in [4.69, 9.17) is 4.74 Å². The summed E-state index contributed by atoms with van der Waals surface area (Å²) in [4.78, 5) is 3.49. The average molecular weight is 317 g/mol. The number of pyridine rings is 1. The fraction of sp³-hybridized carbons (Fsp3) is 0.583. The Hall–Kier alpha value is -1.51. The lowest BCUT2D eigenvalue weighted by molar-refractivity contribution is -0.307. The van der Waals surface area contributed by atoms with Crippen LogP contribution in [-0.2, 0) is 0 Å². The highest BCUT2D eigenvalue weighted by molar-refractivity contribution is 5.26. The zero-order valence-corrected chi connectivity index (χ0v) is 11.0. The Labute approximate surface area is 116 Å². The largest absolute Gasteiger partial charge is 0.489 e. The monoisotopic (exact) mass is 317 g/mol. The maximum atomic E-state index is 12.5. The smallest absolute Gasteiger partial charge is 0.403 e. The molecule has 3 nitrogen and oxygen atoms in total. The van der Waals surface area contributed by atoms with Gasteiger partial charge in [-0.05, 0) is 19.9 Å². The van der Waals surface area contributed by atoms with Crippen LogP contribution in [-0.4, -0.2) is 28.5 Å². The van der Waals surface area contributed by atoms with E-state index in [1.165, 1.54) is 0 Å². The lowest BCUT2D eigenvalue weighted by atomic mass is 9.95. The van der Waals surface area contributed by atoms with Crippen molar-refractivity contribution in [2.24, 2.45) is 5.92 Å². The van der Waals surface area contributed by atoms with E-state index in [0.29, 0.717) is 0 Å². The van der Waals surface area contributed by atoms with Crippen LogP contribution in [0.5, 0.6) is 5.75 Å². The molecular formula is C12H13F6NO2. The number of ether oxygens (including phenoxy) is 1. The van der Waals surface area contributed by atoms with Gasteiger partial charge < -0.3 is 9.84 Å². The summed E-state index contributed by atoms with van der Waals surface area (Å²) < 4.78 is 80.3. The van der Waals surface area contributed by atoms with Gasteiger partial charge in [0.15, 0.2) is 5.92 Å². The van der Waals surface area contributed by atoms with Gasteiger partial charge in [-0.3, -0.25) is 4.98 Å². The molecule has 1 atom stereocenters. The highest BCUT2D eigenvalue weighted by Crippen LogP contribution is 2.46. The molecule has 0 saturated carbocycles. The number of rotatable bonds is 4. The minimum absolute atomic E-state index is 0.0235. The molecule has 0 radical (unpaired) electrons. The molecule has 0 aliphatic carbocycles. The molecule has 1 aromatic heterocycles. The molecule has 0 aliphatic rings. The van der Waals surface area contributed by atoms with E-state index in [1.807, 2.05) is 0 Å². The molecule has 21 heavy (non-hydrogen) atoms. The van der Waals surface area contributed by atoms with Gasteiger partial charge in [-0.25, -0.2) is 0 Å². The molecule has 1 unspecified atom stereocenters. The van der Waals surface area contributed by atoms with Crippen molar-refractivity contribution in [1.29, 1.82) is 0 Å². The molecule has 0 aliphatic heterocycles. The van der Waals surface area contributed by atoms with Crippen molar-refractivity contribution in [1.82, 2.24) is 4.98 Å². The third-order valence-electron chi connectivity index (χ3n) is 2.47. The minimum Gasteiger partial charge on any atom is -0.489 e. The van der Waals surface area contributed by atoms with Crippen LogP contribution in [0, 0.1) is 5.92 Å². The van der Waals surface area contributed by atoms with Crippen molar-refractivity contribution in [2.45, 2.75) is 38.4 Å². The maximum Gasteiger partial charge on any atom is 0.403 e. The predicted octanol–water partition coefficient (Wildman–Crippen LogP) is 3.64. The Morgan fingerprint density at radius 3 is 2.00 bits per heavy atom. The molecule has 1 rings (SSSR count). The van der Waals surface area contributed by atoms with E-state index in [-0.39, 0.29) is 11.9 Å². The summed E-state index contributed by atoms with van der Waals surface area (Å²) in [7, 11) is 0. The van der Waals surface area contributed by atoms with Crippen LogP contribution in [0.2, 0.25) is 0 Å². The van der Waals surface area contributed by atoms with E-state index in [9.17, 15) is 31.4 Å². The molecule has 9 heteroatoms. The fourth-order valence-electron chi connectivity index (χ4n) is 1.67. The maximum absolute atomic E-state index is 12.5. The van der Waals surface area contributed by atoms with Gasteiger partial charge in [0.25, 0.3) is 0 Å². The quantitative estimate of drug-likeness (QED) is 0.862. The first-order valence-electron chi connectivity index (χ1n) is 5.86. The molecule has 0 fully saturated rings. The third kappa shape index (κ3) is 4.76. The standard InChI is InChI=1S/C12H13F6NO2/c1-6(2)21-8-3-7(4-19-5-8)9(20)10(11(13,14)15)12(16,17)18/h3-6,9-10,20H,1-2H3. The van der Waals surface area contributed by atoms with Crippen LogP contribution in [0.25, 0.3) is 0 Å². The van der Waals surface area contributed by atoms with Gasteiger partial charge in [0, 0.05) is 11.8 Å². The summed E-state index contributed by atoms with van der Waals surface area (Å²) in [5, 5.41) is 9.47. The Balaban J connectivity index is 3.13. The second-order valence-corrected chi connectivity index (χ2v) is 4.63. The van der Waals surface area contributed by atoms with Crippen LogP contribution < -0.4 is 4.74 Å². The lowest BCUT2D eigenvalue weighted by Crippen LogP contribution is -2.40. The molecule has 0 aromatic carbocycles. The first-order chi connectivity index (χ1) is 9.43. The number of nitrogens with zero attached hydrogens (tertiary/aromatic N) is 1. The van der Waals surface area contributed by atoms with Crippen molar-refractivity contribution in [2.75, 3.05) is 0 Å². The van der Waals surface area contributed by atoms with Crippen molar-refractivity contribution in [3.63, 3.8) is 0 Å².